The zero-order valence-electron chi connectivity index (χ0n) is 14.0. The maximum atomic E-state index is 12.2. The Bertz CT molecular complexity index is 706. The first-order valence-electron chi connectivity index (χ1n) is 7.83. The third-order valence-electron chi connectivity index (χ3n) is 3.39. The number of rotatable bonds is 7. The largest absolute Gasteiger partial charge is 0.494 e. The Morgan fingerprint density at radius 3 is 2.46 bits per heavy atom. The zero-order valence-corrected chi connectivity index (χ0v) is 14.9. The maximum Gasteiger partial charge on any atom is 0.341 e. The second kappa shape index (κ2) is 8.49. The molecule has 1 amide bonds. The van der Waals surface area contributed by atoms with Crippen LogP contribution in [0.4, 0.5) is 5.00 Å². The minimum atomic E-state index is -0.466. The molecule has 6 heteroatoms. The highest BCUT2D eigenvalue weighted by atomic mass is 32.1. The van der Waals surface area contributed by atoms with E-state index in [1.54, 1.807) is 0 Å². The number of nitrogens with one attached hydrogen (secondary N) is 1. The zero-order chi connectivity index (χ0) is 17.5. The summed E-state index contributed by atoms with van der Waals surface area (Å²) in [5.74, 6) is 0.197. The lowest BCUT2D eigenvalue weighted by molar-refractivity contribution is -0.116. The van der Waals surface area contributed by atoms with Crippen molar-refractivity contribution < 1.29 is 19.1 Å². The molecule has 1 aromatic heterocycles. The summed E-state index contributed by atoms with van der Waals surface area (Å²) in [6, 6.07) is 7.48. The number of amides is 1. The molecule has 2 aromatic rings. The summed E-state index contributed by atoms with van der Waals surface area (Å²) < 4.78 is 10.3. The second-order valence-electron chi connectivity index (χ2n) is 5.10. The quantitative estimate of drug-likeness (QED) is 0.757. The molecule has 0 aliphatic carbocycles. The van der Waals surface area contributed by atoms with E-state index in [1.807, 2.05) is 43.5 Å². The van der Waals surface area contributed by atoms with E-state index < -0.39 is 5.97 Å². The predicted octanol–water partition coefficient (Wildman–Crippen LogP) is 4.34. The summed E-state index contributed by atoms with van der Waals surface area (Å²) in [6.45, 7) is 4.45. The van der Waals surface area contributed by atoms with Gasteiger partial charge in [-0.25, -0.2) is 4.79 Å². The van der Waals surface area contributed by atoms with Crippen molar-refractivity contribution in [3.05, 3.63) is 35.2 Å². The van der Waals surface area contributed by atoms with Crippen LogP contribution in [0.25, 0.3) is 11.1 Å². The van der Waals surface area contributed by atoms with E-state index >= 15 is 0 Å². The van der Waals surface area contributed by atoms with Crippen molar-refractivity contribution in [1.29, 1.82) is 0 Å². The number of methoxy groups -OCH3 is 1. The van der Waals surface area contributed by atoms with E-state index in [0.717, 1.165) is 23.3 Å². The van der Waals surface area contributed by atoms with Gasteiger partial charge < -0.3 is 14.8 Å². The molecule has 2 rings (SSSR count). The number of esters is 1. The van der Waals surface area contributed by atoms with Crippen LogP contribution in [-0.4, -0.2) is 25.6 Å². The van der Waals surface area contributed by atoms with Crippen LogP contribution in [0.5, 0.6) is 5.75 Å². The van der Waals surface area contributed by atoms with Crippen molar-refractivity contribution in [2.24, 2.45) is 0 Å². The minimum Gasteiger partial charge on any atom is -0.494 e. The van der Waals surface area contributed by atoms with Gasteiger partial charge in [0.15, 0.2) is 0 Å². The van der Waals surface area contributed by atoms with E-state index in [1.165, 1.54) is 18.4 Å². The van der Waals surface area contributed by atoms with Crippen LogP contribution in [-0.2, 0) is 9.53 Å². The van der Waals surface area contributed by atoms with Gasteiger partial charge in [0.2, 0.25) is 5.91 Å². The number of thiophene rings is 1. The van der Waals surface area contributed by atoms with E-state index in [-0.39, 0.29) is 5.91 Å². The molecule has 128 valence electrons. The fraction of sp³-hybridized carbons (Fsp3) is 0.333. The van der Waals surface area contributed by atoms with E-state index in [9.17, 15) is 9.59 Å². The van der Waals surface area contributed by atoms with Crippen LogP contribution in [0.15, 0.2) is 29.6 Å². The van der Waals surface area contributed by atoms with Gasteiger partial charge in [-0.3, -0.25) is 4.79 Å². The summed E-state index contributed by atoms with van der Waals surface area (Å²) >= 11 is 1.32. The minimum absolute atomic E-state index is 0.109. The molecule has 0 fully saturated rings. The first kappa shape index (κ1) is 18.0. The molecule has 0 radical (unpaired) electrons. The maximum absolute atomic E-state index is 12.2. The molecule has 0 aliphatic rings. The number of ether oxygens (including phenoxy) is 2. The summed E-state index contributed by atoms with van der Waals surface area (Å²) in [5, 5.41) is 5.17. The van der Waals surface area contributed by atoms with Crippen molar-refractivity contribution >= 4 is 28.2 Å². The standard InChI is InChI=1S/C18H21NO4S/c1-4-6-15(20)19-17-16(18(21)22-3)14(11-24-17)12-7-9-13(10-8-12)23-5-2/h7-11H,4-6H2,1-3H3,(H,19,20). The Balaban J connectivity index is 2.37. The van der Waals surface area contributed by atoms with Crippen molar-refractivity contribution in [2.75, 3.05) is 19.0 Å². The fourth-order valence-electron chi connectivity index (χ4n) is 2.28. The summed E-state index contributed by atoms with van der Waals surface area (Å²) in [5.41, 5.74) is 1.99. The van der Waals surface area contributed by atoms with Gasteiger partial charge in [-0.05, 0) is 31.0 Å². The Labute approximate surface area is 145 Å². The van der Waals surface area contributed by atoms with Crippen LogP contribution >= 0.6 is 11.3 Å². The smallest absolute Gasteiger partial charge is 0.341 e. The lowest BCUT2D eigenvalue weighted by Crippen LogP contribution is -2.13. The molecule has 0 bridgehead atoms. The molecular weight excluding hydrogens is 326 g/mol. The lowest BCUT2D eigenvalue weighted by atomic mass is 10.0. The highest BCUT2D eigenvalue weighted by Gasteiger charge is 2.22. The molecule has 1 aromatic carbocycles. The highest BCUT2D eigenvalue weighted by Crippen LogP contribution is 2.36. The van der Waals surface area contributed by atoms with E-state index in [0.29, 0.717) is 23.6 Å². The average molecular weight is 347 g/mol. The fourth-order valence-corrected chi connectivity index (χ4v) is 3.25. The van der Waals surface area contributed by atoms with Gasteiger partial charge >= 0.3 is 5.97 Å². The number of carbonyl (C=O) groups excluding carboxylic acids is 2. The van der Waals surface area contributed by atoms with Crippen molar-refractivity contribution in [3.63, 3.8) is 0 Å². The molecule has 0 spiro atoms. The summed E-state index contributed by atoms with van der Waals surface area (Å²) in [4.78, 5) is 24.1. The second-order valence-corrected chi connectivity index (χ2v) is 5.98. The van der Waals surface area contributed by atoms with Crippen LogP contribution < -0.4 is 10.1 Å². The van der Waals surface area contributed by atoms with Gasteiger partial charge in [0.25, 0.3) is 0 Å². The predicted molar refractivity (Wildman–Crippen MR) is 95.8 cm³/mol. The molecule has 5 nitrogen and oxygen atoms in total. The molecule has 24 heavy (non-hydrogen) atoms. The Morgan fingerprint density at radius 1 is 1.17 bits per heavy atom. The number of benzene rings is 1. The number of hydrogen-bond acceptors (Lipinski definition) is 5. The number of hydrogen-bond donors (Lipinski definition) is 1. The SMILES string of the molecule is CCCC(=O)Nc1scc(-c2ccc(OCC)cc2)c1C(=O)OC. The van der Waals surface area contributed by atoms with E-state index in [4.69, 9.17) is 9.47 Å². The molecule has 0 saturated heterocycles. The average Bonchev–Trinajstić information content (AvgIpc) is 2.99. The van der Waals surface area contributed by atoms with Gasteiger partial charge in [-0.2, -0.15) is 0 Å². The van der Waals surface area contributed by atoms with Gasteiger partial charge in [0, 0.05) is 17.4 Å². The Hall–Kier alpha value is -2.34. The molecule has 1 N–H and O–H groups in total. The summed E-state index contributed by atoms with van der Waals surface area (Å²) in [6.07, 6.45) is 1.16. The van der Waals surface area contributed by atoms with Crippen LogP contribution in [0.2, 0.25) is 0 Å². The van der Waals surface area contributed by atoms with Gasteiger partial charge in [0.1, 0.15) is 16.3 Å². The summed E-state index contributed by atoms with van der Waals surface area (Å²) in [7, 11) is 1.33. The van der Waals surface area contributed by atoms with Crippen LogP contribution in [0.1, 0.15) is 37.0 Å². The molecule has 0 aliphatic heterocycles. The number of carbonyl (C=O) groups is 2. The first-order valence-corrected chi connectivity index (χ1v) is 8.71. The van der Waals surface area contributed by atoms with Gasteiger partial charge in [0.05, 0.1) is 13.7 Å². The topological polar surface area (TPSA) is 64.6 Å². The van der Waals surface area contributed by atoms with Crippen molar-refractivity contribution in [2.45, 2.75) is 26.7 Å². The first-order chi connectivity index (χ1) is 11.6. The lowest BCUT2D eigenvalue weighted by Gasteiger charge is -2.08. The van der Waals surface area contributed by atoms with E-state index in [2.05, 4.69) is 5.32 Å². The molecule has 0 atom stereocenters. The van der Waals surface area contributed by atoms with Gasteiger partial charge in [-0.1, -0.05) is 19.1 Å². The van der Waals surface area contributed by atoms with Gasteiger partial charge in [-0.15, -0.1) is 11.3 Å². The molecule has 0 saturated carbocycles. The van der Waals surface area contributed by atoms with Crippen LogP contribution in [0, 0.1) is 0 Å². The molecule has 1 heterocycles. The van der Waals surface area contributed by atoms with Crippen molar-refractivity contribution in [1.82, 2.24) is 0 Å². The van der Waals surface area contributed by atoms with Crippen LogP contribution in [0.3, 0.4) is 0 Å². The highest BCUT2D eigenvalue weighted by molar-refractivity contribution is 7.15. The normalized spacial score (nSPS) is 10.3. The third kappa shape index (κ3) is 4.14. The van der Waals surface area contributed by atoms with Crippen molar-refractivity contribution in [3.8, 4) is 16.9 Å². The number of anilines is 1. The Kier molecular flexibility index (Phi) is 6.37. The Morgan fingerprint density at radius 2 is 1.88 bits per heavy atom. The third-order valence-corrected chi connectivity index (χ3v) is 4.28. The molecular formula is C18H21NO4S. The molecule has 0 unspecified atom stereocenters. The monoisotopic (exact) mass is 347 g/mol.